The normalized spacial score (nSPS) is 16.4. The second-order valence-corrected chi connectivity index (χ2v) is 4.98. The van der Waals surface area contributed by atoms with E-state index in [9.17, 15) is 4.79 Å². The molecule has 0 aromatic heterocycles. The Bertz CT molecular complexity index is 642. The summed E-state index contributed by atoms with van der Waals surface area (Å²) in [6, 6.07) is 13.2. The number of aryl methyl sites for hydroxylation is 1. The molecule has 2 aromatic rings. The van der Waals surface area contributed by atoms with Gasteiger partial charge in [-0.15, -0.1) is 0 Å². The molecule has 1 amide bonds. The second-order valence-electron chi connectivity index (χ2n) is 4.98. The van der Waals surface area contributed by atoms with Gasteiger partial charge in [-0.3, -0.25) is 4.79 Å². The minimum absolute atomic E-state index is 0.144. The number of fused-ring (bicyclic) bond motifs is 1. The van der Waals surface area contributed by atoms with E-state index in [0.717, 1.165) is 22.6 Å². The zero-order valence-electron chi connectivity index (χ0n) is 11.2. The zero-order chi connectivity index (χ0) is 14.1. The molecule has 2 aromatic carbocycles. The predicted molar refractivity (Wildman–Crippen MR) is 78.8 cm³/mol. The second kappa shape index (κ2) is 4.89. The molecule has 1 atom stereocenters. The maximum Gasteiger partial charge on any atom is 0.265 e. The number of nitrogens with two attached hydrogens (primary N) is 1. The third-order valence-corrected chi connectivity index (χ3v) is 3.46. The van der Waals surface area contributed by atoms with Crippen LogP contribution in [0, 0.1) is 6.92 Å². The van der Waals surface area contributed by atoms with E-state index >= 15 is 0 Å². The summed E-state index contributed by atoms with van der Waals surface area (Å²) < 4.78 is 5.67. The molecule has 1 heterocycles. The molecule has 3 N–H and O–H groups in total. The fourth-order valence-corrected chi connectivity index (χ4v) is 2.32. The van der Waals surface area contributed by atoms with E-state index < -0.39 is 6.10 Å². The van der Waals surface area contributed by atoms with Crippen LogP contribution in [-0.2, 0) is 11.2 Å². The summed E-state index contributed by atoms with van der Waals surface area (Å²) in [6.07, 6.45) is 0.122. The van der Waals surface area contributed by atoms with E-state index in [-0.39, 0.29) is 5.91 Å². The van der Waals surface area contributed by atoms with Crippen LogP contribution in [0.15, 0.2) is 42.5 Å². The lowest BCUT2D eigenvalue weighted by molar-refractivity contribution is -0.122. The Morgan fingerprint density at radius 1 is 1.30 bits per heavy atom. The van der Waals surface area contributed by atoms with Crippen LogP contribution in [0.25, 0.3) is 0 Å². The molecule has 0 saturated carbocycles. The molecule has 102 valence electrons. The Hall–Kier alpha value is -2.49. The Kier molecular flexibility index (Phi) is 3.06. The molecule has 1 aliphatic heterocycles. The number of anilines is 2. The standard InChI is InChI=1S/C16H16N2O2/c1-10-6-7-12(17)9-13(10)18-16(19)15-8-11-4-2-3-5-14(11)20-15/h2-7,9,15H,8,17H2,1H3,(H,18,19). The lowest BCUT2D eigenvalue weighted by Gasteiger charge is -2.13. The largest absolute Gasteiger partial charge is 0.480 e. The lowest BCUT2D eigenvalue weighted by atomic mass is 10.1. The van der Waals surface area contributed by atoms with Gasteiger partial charge in [0.15, 0.2) is 6.10 Å². The molecule has 0 fully saturated rings. The number of amides is 1. The number of benzene rings is 2. The Morgan fingerprint density at radius 3 is 2.90 bits per heavy atom. The average Bonchev–Trinajstić information content (AvgIpc) is 2.87. The van der Waals surface area contributed by atoms with Gasteiger partial charge >= 0.3 is 0 Å². The summed E-state index contributed by atoms with van der Waals surface area (Å²) >= 11 is 0. The third-order valence-electron chi connectivity index (χ3n) is 3.46. The van der Waals surface area contributed by atoms with Crippen LogP contribution in [0.1, 0.15) is 11.1 Å². The van der Waals surface area contributed by atoms with Gasteiger partial charge in [0, 0.05) is 17.8 Å². The summed E-state index contributed by atoms with van der Waals surface area (Å²) in [4.78, 5) is 12.3. The van der Waals surface area contributed by atoms with Gasteiger partial charge in [-0.2, -0.15) is 0 Å². The molecule has 0 bridgehead atoms. The molecule has 4 heteroatoms. The van der Waals surface area contributed by atoms with Crippen molar-refractivity contribution in [3.63, 3.8) is 0 Å². The number of para-hydroxylation sites is 1. The first-order chi connectivity index (χ1) is 9.63. The molecule has 0 aliphatic carbocycles. The van der Waals surface area contributed by atoms with Crippen LogP contribution >= 0.6 is 0 Å². The van der Waals surface area contributed by atoms with Crippen molar-refractivity contribution in [1.29, 1.82) is 0 Å². The quantitative estimate of drug-likeness (QED) is 0.823. The summed E-state index contributed by atoms with van der Waals surface area (Å²) in [6.45, 7) is 1.93. The van der Waals surface area contributed by atoms with E-state index in [1.165, 1.54) is 0 Å². The summed E-state index contributed by atoms with van der Waals surface area (Å²) in [7, 11) is 0. The van der Waals surface area contributed by atoms with Crippen LogP contribution in [0.4, 0.5) is 11.4 Å². The van der Waals surface area contributed by atoms with Crippen molar-refractivity contribution in [3.05, 3.63) is 53.6 Å². The van der Waals surface area contributed by atoms with E-state index in [1.807, 2.05) is 43.3 Å². The maximum absolute atomic E-state index is 12.3. The van der Waals surface area contributed by atoms with Crippen LogP contribution < -0.4 is 15.8 Å². The van der Waals surface area contributed by atoms with E-state index in [1.54, 1.807) is 6.07 Å². The fourth-order valence-electron chi connectivity index (χ4n) is 2.32. The van der Waals surface area contributed by atoms with Gasteiger partial charge in [0.05, 0.1) is 0 Å². The molecule has 4 nitrogen and oxygen atoms in total. The number of carbonyl (C=O) groups is 1. The number of nitrogens with one attached hydrogen (secondary N) is 1. The highest BCUT2D eigenvalue weighted by Crippen LogP contribution is 2.29. The van der Waals surface area contributed by atoms with E-state index in [4.69, 9.17) is 10.5 Å². The minimum Gasteiger partial charge on any atom is -0.480 e. The molecule has 20 heavy (non-hydrogen) atoms. The van der Waals surface area contributed by atoms with Crippen LogP contribution in [0.3, 0.4) is 0 Å². The first-order valence-corrected chi connectivity index (χ1v) is 6.55. The van der Waals surface area contributed by atoms with Gasteiger partial charge in [0.2, 0.25) is 0 Å². The first kappa shape index (κ1) is 12.5. The molecule has 3 rings (SSSR count). The van der Waals surface area contributed by atoms with Gasteiger partial charge < -0.3 is 15.8 Å². The molecule has 1 aliphatic rings. The van der Waals surface area contributed by atoms with Crippen LogP contribution in [0.2, 0.25) is 0 Å². The van der Waals surface area contributed by atoms with Crippen molar-refractivity contribution in [2.24, 2.45) is 0 Å². The smallest absolute Gasteiger partial charge is 0.265 e. The first-order valence-electron chi connectivity index (χ1n) is 6.55. The fraction of sp³-hybridized carbons (Fsp3) is 0.188. The third kappa shape index (κ3) is 2.32. The number of hydrogen-bond acceptors (Lipinski definition) is 3. The Morgan fingerprint density at radius 2 is 2.10 bits per heavy atom. The lowest BCUT2D eigenvalue weighted by Crippen LogP contribution is -2.31. The minimum atomic E-state index is -0.478. The average molecular weight is 268 g/mol. The Labute approximate surface area is 117 Å². The van der Waals surface area contributed by atoms with E-state index in [2.05, 4.69) is 5.32 Å². The predicted octanol–water partition coefficient (Wildman–Crippen LogP) is 2.52. The van der Waals surface area contributed by atoms with Crippen molar-refractivity contribution >= 4 is 17.3 Å². The van der Waals surface area contributed by atoms with Crippen LogP contribution in [-0.4, -0.2) is 12.0 Å². The molecular formula is C16H16N2O2. The molecule has 0 radical (unpaired) electrons. The number of ether oxygens (including phenoxy) is 1. The monoisotopic (exact) mass is 268 g/mol. The number of carbonyl (C=O) groups excluding carboxylic acids is 1. The highest BCUT2D eigenvalue weighted by atomic mass is 16.5. The maximum atomic E-state index is 12.3. The SMILES string of the molecule is Cc1ccc(N)cc1NC(=O)C1Cc2ccccc2O1. The molecule has 0 saturated heterocycles. The topological polar surface area (TPSA) is 64.3 Å². The highest BCUT2D eigenvalue weighted by molar-refractivity contribution is 5.96. The van der Waals surface area contributed by atoms with Crippen LogP contribution in [0.5, 0.6) is 5.75 Å². The van der Waals surface area contributed by atoms with Gasteiger partial charge in [0.1, 0.15) is 5.75 Å². The van der Waals surface area contributed by atoms with E-state index in [0.29, 0.717) is 12.1 Å². The van der Waals surface area contributed by atoms with Crippen molar-refractivity contribution in [1.82, 2.24) is 0 Å². The van der Waals surface area contributed by atoms with Crippen molar-refractivity contribution < 1.29 is 9.53 Å². The number of hydrogen-bond donors (Lipinski definition) is 2. The molecule has 0 spiro atoms. The number of nitrogen functional groups attached to an aromatic ring is 1. The summed E-state index contributed by atoms with van der Waals surface area (Å²) in [5.41, 5.74) is 9.14. The van der Waals surface area contributed by atoms with Crippen molar-refractivity contribution in [2.45, 2.75) is 19.4 Å². The summed E-state index contributed by atoms with van der Waals surface area (Å²) in [5, 5.41) is 2.88. The summed E-state index contributed by atoms with van der Waals surface area (Å²) in [5.74, 6) is 0.645. The zero-order valence-corrected chi connectivity index (χ0v) is 11.2. The van der Waals surface area contributed by atoms with Gasteiger partial charge in [0.25, 0.3) is 5.91 Å². The molecular weight excluding hydrogens is 252 g/mol. The number of rotatable bonds is 2. The van der Waals surface area contributed by atoms with Gasteiger partial charge in [-0.05, 0) is 36.2 Å². The van der Waals surface area contributed by atoms with Crippen molar-refractivity contribution in [3.8, 4) is 5.75 Å². The van der Waals surface area contributed by atoms with Gasteiger partial charge in [-0.1, -0.05) is 24.3 Å². The highest BCUT2D eigenvalue weighted by Gasteiger charge is 2.28. The van der Waals surface area contributed by atoms with Crippen molar-refractivity contribution in [2.75, 3.05) is 11.1 Å². The Balaban J connectivity index is 1.74. The van der Waals surface area contributed by atoms with Gasteiger partial charge in [-0.25, -0.2) is 0 Å². The molecule has 1 unspecified atom stereocenters.